The third kappa shape index (κ3) is 4.79. The fourth-order valence-electron chi connectivity index (χ4n) is 3.01. The second kappa shape index (κ2) is 9.72. The zero-order chi connectivity index (χ0) is 23.5. The van der Waals surface area contributed by atoms with Crippen molar-refractivity contribution >= 4 is 32.4 Å². The lowest BCUT2D eigenvalue weighted by atomic mass is 10.1. The van der Waals surface area contributed by atoms with Crippen molar-refractivity contribution < 1.29 is 26.7 Å². The number of amides is 1. The van der Waals surface area contributed by atoms with Gasteiger partial charge in [0.05, 0.1) is 23.3 Å². The van der Waals surface area contributed by atoms with Crippen LogP contribution in [0.15, 0.2) is 46.7 Å². The first-order valence-corrected chi connectivity index (χ1v) is 11.9. The van der Waals surface area contributed by atoms with E-state index in [1.807, 2.05) is 0 Å². The number of methoxy groups -OCH3 is 1. The molecule has 0 aliphatic heterocycles. The number of rotatable bonds is 8. The van der Waals surface area contributed by atoms with Gasteiger partial charge in [-0.1, -0.05) is 13.8 Å². The number of nitrogens with zero attached hydrogens (tertiary/aromatic N) is 2. The normalized spacial score (nSPS) is 11.6. The number of ether oxygens (including phenoxy) is 1. The smallest absolute Gasteiger partial charge is 0.260 e. The number of benzene rings is 2. The van der Waals surface area contributed by atoms with E-state index in [-0.39, 0.29) is 28.9 Å². The predicted octanol–water partition coefficient (Wildman–Crippen LogP) is 4.38. The van der Waals surface area contributed by atoms with Crippen LogP contribution in [0.2, 0.25) is 0 Å². The van der Waals surface area contributed by atoms with Crippen LogP contribution in [0, 0.1) is 11.6 Å². The molecule has 7 nitrogen and oxygen atoms in total. The van der Waals surface area contributed by atoms with E-state index < -0.39 is 33.1 Å². The van der Waals surface area contributed by atoms with Crippen LogP contribution in [-0.4, -0.2) is 43.8 Å². The first-order valence-electron chi connectivity index (χ1n) is 9.61. The van der Waals surface area contributed by atoms with Crippen LogP contribution in [-0.2, 0) is 10.0 Å². The second-order valence-electron chi connectivity index (χ2n) is 6.57. The van der Waals surface area contributed by atoms with E-state index in [1.165, 1.54) is 23.5 Å². The molecule has 32 heavy (non-hydrogen) atoms. The minimum atomic E-state index is -3.86. The van der Waals surface area contributed by atoms with Gasteiger partial charge in [-0.3, -0.25) is 10.1 Å². The van der Waals surface area contributed by atoms with Crippen LogP contribution >= 0.6 is 11.3 Å². The van der Waals surface area contributed by atoms with Gasteiger partial charge in [0.2, 0.25) is 10.0 Å². The first-order chi connectivity index (χ1) is 15.2. The molecule has 1 aromatic heterocycles. The van der Waals surface area contributed by atoms with E-state index in [9.17, 15) is 22.0 Å². The average molecular weight is 482 g/mol. The molecule has 1 N–H and O–H groups in total. The lowest BCUT2D eigenvalue weighted by Gasteiger charge is -2.18. The number of sulfonamides is 1. The van der Waals surface area contributed by atoms with Crippen molar-refractivity contribution in [2.45, 2.75) is 18.7 Å². The molecule has 0 fully saturated rings. The molecule has 0 saturated heterocycles. The zero-order valence-corrected chi connectivity index (χ0v) is 19.2. The van der Waals surface area contributed by atoms with Crippen molar-refractivity contribution in [3.63, 3.8) is 0 Å². The van der Waals surface area contributed by atoms with E-state index in [2.05, 4.69) is 10.3 Å². The van der Waals surface area contributed by atoms with Crippen molar-refractivity contribution in [3.8, 4) is 17.0 Å². The van der Waals surface area contributed by atoms with Gasteiger partial charge >= 0.3 is 0 Å². The van der Waals surface area contributed by atoms with Gasteiger partial charge < -0.3 is 4.74 Å². The number of thiazole rings is 1. The summed E-state index contributed by atoms with van der Waals surface area (Å²) in [6.45, 7) is 3.86. The van der Waals surface area contributed by atoms with Gasteiger partial charge in [-0.15, -0.1) is 11.3 Å². The first kappa shape index (κ1) is 23.8. The molecule has 1 amide bonds. The predicted molar refractivity (Wildman–Crippen MR) is 119 cm³/mol. The highest BCUT2D eigenvalue weighted by molar-refractivity contribution is 7.89. The van der Waals surface area contributed by atoms with Crippen molar-refractivity contribution in [1.82, 2.24) is 9.29 Å². The van der Waals surface area contributed by atoms with E-state index in [0.29, 0.717) is 11.3 Å². The third-order valence-corrected chi connectivity index (χ3v) is 7.50. The summed E-state index contributed by atoms with van der Waals surface area (Å²) in [5.41, 5.74) is 0.453. The van der Waals surface area contributed by atoms with Gasteiger partial charge in [0, 0.05) is 24.0 Å². The molecule has 0 saturated carbocycles. The van der Waals surface area contributed by atoms with E-state index in [0.717, 1.165) is 29.5 Å². The maximum atomic E-state index is 14.3. The Morgan fingerprint density at radius 1 is 1.12 bits per heavy atom. The number of halogens is 2. The molecule has 11 heteroatoms. The summed E-state index contributed by atoms with van der Waals surface area (Å²) in [6.07, 6.45) is 0. The third-order valence-electron chi connectivity index (χ3n) is 4.70. The Labute approximate surface area is 188 Å². The number of aromatic nitrogens is 1. The van der Waals surface area contributed by atoms with Crippen LogP contribution in [0.3, 0.4) is 0 Å². The van der Waals surface area contributed by atoms with Crippen molar-refractivity contribution in [2.24, 2.45) is 0 Å². The number of anilines is 1. The number of hydrogen-bond acceptors (Lipinski definition) is 6. The topological polar surface area (TPSA) is 88.6 Å². The Kier molecular flexibility index (Phi) is 7.22. The summed E-state index contributed by atoms with van der Waals surface area (Å²) in [6, 6.07) is 7.40. The van der Waals surface area contributed by atoms with Gasteiger partial charge in [0.25, 0.3) is 5.91 Å². The molecule has 0 spiro atoms. The number of carbonyl (C=O) groups excluding carboxylic acids is 1. The Balaban J connectivity index is 1.85. The van der Waals surface area contributed by atoms with Crippen molar-refractivity contribution in [2.75, 3.05) is 25.5 Å². The Morgan fingerprint density at radius 2 is 1.84 bits per heavy atom. The minimum absolute atomic E-state index is 0.0903. The molecule has 0 aliphatic carbocycles. The van der Waals surface area contributed by atoms with Crippen LogP contribution in [0.5, 0.6) is 5.75 Å². The van der Waals surface area contributed by atoms with Gasteiger partial charge in [-0.25, -0.2) is 22.2 Å². The number of nitrogens with one attached hydrogen (secondary N) is 1. The molecule has 2 aromatic carbocycles. The monoisotopic (exact) mass is 481 g/mol. The van der Waals surface area contributed by atoms with Crippen LogP contribution in [0.25, 0.3) is 11.3 Å². The summed E-state index contributed by atoms with van der Waals surface area (Å²) in [5, 5.41) is 4.22. The molecule has 0 atom stereocenters. The van der Waals surface area contributed by atoms with Crippen LogP contribution < -0.4 is 10.1 Å². The molecule has 3 rings (SSSR count). The highest BCUT2D eigenvalue weighted by atomic mass is 32.2. The van der Waals surface area contributed by atoms with Crippen LogP contribution in [0.4, 0.5) is 13.9 Å². The standard InChI is InChI=1S/C21H21F2N3O4S2/c1-4-26(5-2)32(28,29)14-7-8-16(22)15(11-14)20(27)25-21-24-18(12-31-21)13-6-9-19(30-3)17(23)10-13/h6-12H,4-5H2,1-3H3,(H,24,25,27). The molecule has 0 aliphatic rings. The van der Waals surface area contributed by atoms with Gasteiger partial charge in [-0.05, 0) is 36.4 Å². The van der Waals surface area contributed by atoms with Gasteiger partial charge in [-0.2, -0.15) is 4.31 Å². The zero-order valence-electron chi connectivity index (χ0n) is 17.6. The summed E-state index contributed by atoms with van der Waals surface area (Å²) in [5.74, 6) is -2.18. The minimum Gasteiger partial charge on any atom is -0.494 e. The Morgan fingerprint density at radius 3 is 2.47 bits per heavy atom. The summed E-state index contributed by atoms with van der Waals surface area (Å²) < 4.78 is 59.8. The summed E-state index contributed by atoms with van der Waals surface area (Å²) in [4.78, 5) is 16.7. The molecule has 0 bridgehead atoms. The van der Waals surface area contributed by atoms with E-state index >= 15 is 0 Å². The highest BCUT2D eigenvalue weighted by Crippen LogP contribution is 2.29. The Hall–Kier alpha value is -2.89. The maximum Gasteiger partial charge on any atom is 0.260 e. The Bertz CT molecular complexity index is 1240. The largest absolute Gasteiger partial charge is 0.494 e. The quantitative estimate of drug-likeness (QED) is 0.516. The SMILES string of the molecule is CCN(CC)S(=O)(=O)c1ccc(F)c(C(=O)Nc2nc(-c3ccc(OC)c(F)c3)cs2)c1. The fraction of sp³-hybridized carbons (Fsp3) is 0.238. The van der Waals surface area contributed by atoms with Crippen molar-refractivity contribution in [1.29, 1.82) is 0 Å². The molecule has 1 heterocycles. The molecule has 170 valence electrons. The van der Waals surface area contributed by atoms with Gasteiger partial charge in [0.15, 0.2) is 16.7 Å². The van der Waals surface area contributed by atoms with Crippen LogP contribution in [0.1, 0.15) is 24.2 Å². The van der Waals surface area contributed by atoms with Crippen molar-refractivity contribution in [3.05, 3.63) is 59.0 Å². The molecule has 0 unspecified atom stereocenters. The summed E-state index contributed by atoms with van der Waals surface area (Å²) >= 11 is 1.07. The molecular weight excluding hydrogens is 460 g/mol. The molecular formula is C21H21F2N3O4S2. The fourth-order valence-corrected chi connectivity index (χ4v) is 5.20. The highest BCUT2D eigenvalue weighted by Gasteiger charge is 2.24. The lowest BCUT2D eigenvalue weighted by molar-refractivity contribution is 0.102. The molecule has 0 radical (unpaired) electrons. The van der Waals surface area contributed by atoms with E-state index in [1.54, 1.807) is 25.3 Å². The van der Waals surface area contributed by atoms with Gasteiger partial charge in [0.1, 0.15) is 5.82 Å². The number of hydrogen-bond donors (Lipinski definition) is 1. The summed E-state index contributed by atoms with van der Waals surface area (Å²) in [7, 11) is -2.50. The lowest BCUT2D eigenvalue weighted by Crippen LogP contribution is -2.31. The molecule has 3 aromatic rings. The average Bonchev–Trinajstić information content (AvgIpc) is 3.22. The number of carbonyl (C=O) groups is 1. The second-order valence-corrected chi connectivity index (χ2v) is 9.37. The van der Waals surface area contributed by atoms with E-state index in [4.69, 9.17) is 4.74 Å². The maximum absolute atomic E-state index is 14.3.